The maximum absolute atomic E-state index is 11.3. The van der Waals surface area contributed by atoms with E-state index < -0.39 is 17.9 Å². The van der Waals surface area contributed by atoms with E-state index in [0.717, 1.165) is 0 Å². The summed E-state index contributed by atoms with van der Waals surface area (Å²) in [7, 11) is 1.82. The number of carboxylic acid groups (broad SMARTS) is 3. The van der Waals surface area contributed by atoms with Crippen molar-refractivity contribution in [2.75, 3.05) is 241 Å². The fraction of sp³-hybridized carbons (Fsp3) is 0.543. The molecule has 0 spiro atoms. The summed E-state index contributed by atoms with van der Waals surface area (Å²) in [6.45, 7) is 6.56. The third-order valence-corrected chi connectivity index (χ3v) is 11.1. The highest BCUT2D eigenvalue weighted by Gasteiger charge is 2.14. The standard InChI is InChI=1S/C46H80N40O6/c1-51-14-15-58-37-72-32(52-8-2-26(87)88)73-38(82-37)61-18-22-65-43-78-35(56-12-6-48)79-44(85-43)67-24-20-63-41-76-34(54-10-4-28(91)92)77-42(84-41)64-21-25-68-46-81-36(57-13-7-49)80-45(86-46)66-23-19-62-40-75-33(53-9-3-27(89)90)74-39(83-40)60-17-16-59-31-70-29(50)69-30(71-31)55-11-5-47/h51H,2-25,47-49H2,1H3,(H,87,88)(H,89,90)(H,91,92)(H4,50,55,59,69,70,71)(H3,52,58,61,72,73,82)(H3,53,60,62,74,75,83)(H3,54,63,64,76,77,84)(H3,56,65,67,78,79,85)(H3,57,66,68,80,81,86). The number of aliphatic carboxylic acids is 3. The summed E-state index contributed by atoms with van der Waals surface area (Å²) < 4.78 is 0. The van der Waals surface area contributed by atoms with Gasteiger partial charge in [-0.2, -0.15) is 89.7 Å². The third-order valence-electron chi connectivity index (χ3n) is 11.1. The number of anilines is 18. The molecule has 0 saturated carbocycles. The van der Waals surface area contributed by atoms with Crippen molar-refractivity contribution in [1.29, 1.82) is 0 Å². The molecule has 0 aliphatic carbocycles. The fourth-order valence-electron chi connectivity index (χ4n) is 7.05. The molecule has 0 bridgehead atoms. The van der Waals surface area contributed by atoms with E-state index in [2.05, 4.69) is 185 Å². The van der Waals surface area contributed by atoms with Crippen molar-refractivity contribution in [3.05, 3.63) is 0 Å². The van der Waals surface area contributed by atoms with E-state index in [4.69, 9.17) is 28.0 Å². The predicted octanol–water partition coefficient (Wildman–Crippen LogP) is -4.60. The number of likely N-dealkylation sites (N-methyl/N-ethyl adjacent to an activating group) is 1. The summed E-state index contributed by atoms with van der Waals surface area (Å²) in [5.41, 5.74) is 22.9. The van der Waals surface area contributed by atoms with Gasteiger partial charge in [-0.05, 0) is 7.05 Å². The summed E-state index contributed by atoms with van der Waals surface area (Å²) in [5.74, 6) is 0.785. The Labute approximate surface area is 525 Å². The number of carbonyl (C=O) groups is 3. The molecule has 500 valence electrons. The van der Waals surface area contributed by atoms with Crippen LogP contribution in [-0.2, 0) is 14.4 Å². The molecule has 0 fully saturated rings. The minimum absolute atomic E-state index is 0.0227. The van der Waals surface area contributed by atoms with Gasteiger partial charge in [-0.25, -0.2) is 0 Å². The van der Waals surface area contributed by atoms with Gasteiger partial charge in [0, 0.05) is 137 Å². The van der Waals surface area contributed by atoms with Gasteiger partial charge in [-0.3, -0.25) is 14.4 Å². The van der Waals surface area contributed by atoms with Gasteiger partial charge >= 0.3 is 17.9 Å². The van der Waals surface area contributed by atoms with Crippen molar-refractivity contribution >= 4 is 125 Å². The fourth-order valence-corrected chi connectivity index (χ4v) is 7.05. The SMILES string of the molecule is CNCCNc1nc(NCCNc2nc(NCCN)nc(NCCNc3nc(NCCNc4nc(NCCN)nc(NCCNc5nc(NCCNc6nc(N)nc(NCCN)n6)nc(NCCC(=O)O)n5)n4)nc(NCCC(=O)O)n3)n2)nc(NCCC(=O)O)n1. The topological polar surface area (TPSA) is 665 Å². The van der Waals surface area contributed by atoms with Gasteiger partial charge < -0.3 is 134 Å². The second kappa shape index (κ2) is 39.6. The quantitative estimate of drug-likeness (QED) is 0.0160. The van der Waals surface area contributed by atoms with Gasteiger partial charge in [0.15, 0.2) is 0 Å². The molecule has 46 nitrogen and oxygen atoms in total. The van der Waals surface area contributed by atoms with Crippen LogP contribution >= 0.6 is 0 Å². The average molecular weight is 1290 g/mol. The van der Waals surface area contributed by atoms with Crippen LogP contribution in [0, 0.1) is 0 Å². The van der Waals surface area contributed by atoms with E-state index >= 15 is 0 Å². The summed E-state index contributed by atoms with van der Waals surface area (Å²) in [6, 6.07) is 0. The van der Waals surface area contributed by atoms with Gasteiger partial charge in [-0.1, -0.05) is 0 Å². The van der Waals surface area contributed by atoms with Crippen molar-refractivity contribution in [1.82, 2.24) is 95.0 Å². The molecule has 6 rings (SSSR count). The Hall–Kier alpha value is -11.3. The van der Waals surface area contributed by atoms with Crippen LogP contribution in [0.25, 0.3) is 0 Å². The van der Waals surface area contributed by atoms with E-state index in [1.165, 1.54) is 0 Å². The first-order valence-corrected chi connectivity index (χ1v) is 29.0. The number of nitrogens with one attached hydrogen (secondary N) is 18. The molecule has 6 aromatic heterocycles. The summed E-state index contributed by atoms with van der Waals surface area (Å²) in [6.07, 6.45) is -0.481. The van der Waals surface area contributed by atoms with Crippen LogP contribution in [0.4, 0.5) is 107 Å². The number of nitrogen functional groups attached to an aromatic ring is 1. The second-order valence-electron chi connectivity index (χ2n) is 18.5. The maximum Gasteiger partial charge on any atom is 0.305 e. The monoisotopic (exact) mass is 1290 g/mol. The Morgan fingerprint density at radius 2 is 0.391 bits per heavy atom. The number of carboxylic acids is 3. The van der Waals surface area contributed by atoms with Crippen LogP contribution in [0.2, 0.25) is 0 Å². The molecule has 0 amide bonds. The molecule has 0 aliphatic rings. The van der Waals surface area contributed by atoms with E-state index in [0.29, 0.717) is 84.5 Å². The minimum atomic E-state index is -1.01. The summed E-state index contributed by atoms with van der Waals surface area (Å²) in [5, 5.41) is 82.8. The largest absolute Gasteiger partial charge is 0.481 e. The lowest BCUT2D eigenvalue weighted by atomic mass is 10.4. The molecular formula is C46H80N40O6. The zero-order chi connectivity index (χ0) is 65.6. The molecule has 0 radical (unpaired) electrons. The van der Waals surface area contributed by atoms with Gasteiger partial charge in [-0.15, -0.1) is 0 Å². The number of hydrogen-bond donors (Lipinski definition) is 25. The van der Waals surface area contributed by atoms with Crippen molar-refractivity contribution in [2.24, 2.45) is 17.2 Å². The lowest BCUT2D eigenvalue weighted by Crippen LogP contribution is -2.22. The van der Waals surface area contributed by atoms with E-state index in [1.807, 2.05) is 7.05 Å². The molecule has 6 aromatic rings. The normalized spacial score (nSPS) is 10.7. The molecular weight excluding hydrogens is 1210 g/mol. The second-order valence-corrected chi connectivity index (χ2v) is 18.5. The first-order valence-electron chi connectivity index (χ1n) is 29.0. The van der Waals surface area contributed by atoms with Crippen LogP contribution in [0.5, 0.6) is 0 Å². The molecule has 0 aromatic carbocycles. The lowest BCUT2D eigenvalue weighted by Gasteiger charge is -2.14. The zero-order valence-electron chi connectivity index (χ0n) is 50.4. The smallest absolute Gasteiger partial charge is 0.305 e. The molecule has 29 N–H and O–H groups in total. The summed E-state index contributed by atoms with van der Waals surface area (Å²) in [4.78, 5) is 113. The Balaban J connectivity index is 1.01. The van der Waals surface area contributed by atoms with E-state index in [9.17, 15) is 24.6 Å². The Morgan fingerprint density at radius 1 is 0.250 bits per heavy atom. The van der Waals surface area contributed by atoms with Gasteiger partial charge in [0.2, 0.25) is 107 Å². The molecule has 46 heteroatoms. The Morgan fingerprint density at radius 3 is 0.543 bits per heavy atom. The minimum Gasteiger partial charge on any atom is -0.481 e. The van der Waals surface area contributed by atoms with Crippen molar-refractivity contribution in [3.63, 3.8) is 0 Å². The van der Waals surface area contributed by atoms with E-state index in [-0.39, 0.29) is 179 Å². The predicted molar refractivity (Wildman–Crippen MR) is 346 cm³/mol. The highest BCUT2D eigenvalue weighted by atomic mass is 16.4. The van der Waals surface area contributed by atoms with Crippen molar-refractivity contribution < 1.29 is 29.7 Å². The number of nitrogens with two attached hydrogens (primary N) is 4. The molecule has 6 heterocycles. The van der Waals surface area contributed by atoms with Gasteiger partial charge in [0.05, 0.1) is 19.3 Å². The Bertz CT molecular complexity index is 3210. The highest BCUT2D eigenvalue weighted by Crippen LogP contribution is 2.15. The van der Waals surface area contributed by atoms with Crippen LogP contribution < -0.4 is 119 Å². The molecule has 0 unspecified atom stereocenters. The number of hydrogen-bond acceptors (Lipinski definition) is 43. The van der Waals surface area contributed by atoms with Crippen LogP contribution in [-0.4, -0.2) is 267 Å². The third kappa shape index (κ3) is 27.8. The Kier molecular flexibility index (Phi) is 30.0. The van der Waals surface area contributed by atoms with E-state index in [1.54, 1.807) is 0 Å². The molecule has 92 heavy (non-hydrogen) atoms. The van der Waals surface area contributed by atoms with Crippen LogP contribution in [0.15, 0.2) is 0 Å². The average Bonchev–Trinajstić information content (AvgIpc) is 1.28. The molecule has 0 atom stereocenters. The summed E-state index contributed by atoms with van der Waals surface area (Å²) >= 11 is 0. The molecule has 0 saturated heterocycles. The lowest BCUT2D eigenvalue weighted by molar-refractivity contribution is -0.137. The highest BCUT2D eigenvalue weighted by molar-refractivity contribution is 5.68. The number of aromatic nitrogens is 18. The van der Waals surface area contributed by atoms with Crippen LogP contribution in [0.1, 0.15) is 19.3 Å². The van der Waals surface area contributed by atoms with Crippen LogP contribution in [0.3, 0.4) is 0 Å². The number of nitrogens with zero attached hydrogens (tertiary/aromatic N) is 18. The van der Waals surface area contributed by atoms with Crippen molar-refractivity contribution in [2.45, 2.75) is 19.3 Å². The molecule has 0 aliphatic heterocycles. The van der Waals surface area contributed by atoms with Gasteiger partial charge in [0.25, 0.3) is 0 Å². The number of rotatable bonds is 50. The first kappa shape index (κ1) is 69.8. The van der Waals surface area contributed by atoms with Gasteiger partial charge in [0.1, 0.15) is 0 Å². The zero-order valence-corrected chi connectivity index (χ0v) is 50.4. The maximum atomic E-state index is 11.3. The van der Waals surface area contributed by atoms with Crippen molar-refractivity contribution in [3.8, 4) is 0 Å². The first-order chi connectivity index (χ1) is 44.7.